The second-order valence-corrected chi connectivity index (χ2v) is 8.64. The summed E-state index contributed by atoms with van der Waals surface area (Å²) in [7, 11) is -1.85. The maximum Gasteiger partial charge on any atom is 0.424 e. The molecule has 2 rings (SSSR count). The Morgan fingerprint density at radius 2 is 1.67 bits per heavy atom. The van der Waals surface area contributed by atoms with E-state index >= 15 is 0 Å². The summed E-state index contributed by atoms with van der Waals surface area (Å²) in [4.78, 5) is 11.9. The van der Waals surface area contributed by atoms with E-state index in [2.05, 4.69) is 4.72 Å². The van der Waals surface area contributed by atoms with Crippen LogP contribution in [0, 0.1) is 0 Å². The van der Waals surface area contributed by atoms with Crippen molar-refractivity contribution in [3.8, 4) is 5.75 Å². The second-order valence-electron chi connectivity index (χ2n) is 6.80. The average molecular weight is 436 g/mol. The van der Waals surface area contributed by atoms with Gasteiger partial charge in [0.25, 0.3) is 0 Å². The largest absolute Gasteiger partial charge is 0.497 e. The first-order valence-corrected chi connectivity index (χ1v) is 11.4. The normalized spacial score (nSPS) is 11.0. The maximum atomic E-state index is 12.1. The van der Waals surface area contributed by atoms with Crippen molar-refractivity contribution in [3.05, 3.63) is 60.2 Å². The van der Waals surface area contributed by atoms with Crippen molar-refractivity contribution in [1.82, 2.24) is 5.01 Å². The van der Waals surface area contributed by atoms with Crippen molar-refractivity contribution >= 4 is 21.8 Å². The summed E-state index contributed by atoms with van der Waals surface area (Å²) in [5.41, 5.74) is 1.40. The number of benzene rings is 2. The van der Waals surface area contributed by atoms with Crippen LogP contribution in [-0.4, -0.2) is 38.9 Å². The summed E-state index contributed by atoms with van der Waals surface area (Å²) < 4.78 is 37.0. The highest BCUT2D eigenvalue weighted by Crippen LogP contribution is 2.16. The van der Waals surface area contributed by atoms with Crippen LogP contribution in [0.5, 0.6) is 5.75 Å². The molecule has 2 aromatic carbocycles. The number of nitrogens with one attached hydrogen (secondary N) is 1. The van der Waals surface area contributed by atoms with Crippen LogP contribution in [0.25, 0.3) is 0 Å². The number of hydrogen-bond donors (Lipinski definition) is 2. The molecule has 0 aliphatic carbocycles. The topological polar surface area (TPSA) is 111 Å². The Morgan fingerprint density at radius 3 is 2.33 bits per heavy atom. The summed E-state index contributed by atoms with van der Waals surface area (Å²) >= 11 is 0. The number of methoxy groups -OCH3 is 1. The van der Waals surface area contributed by atoms with E-state index in [9.17, 15) is 13.2 Å². The maximum absolute atomic E-state index is 12.1. The van der Waals surface area contributed by atoms with Crippen molar-refractivity contribution < 1.29 is 22.7 Å². The zero-order valence-corrected chi connectivity index (χ0v) is 17.9. The van der Waals surface area contributed by atoms with E-state index in [0.717, 1.165) is 23.4 Å². The SMILES string of the molecule is COc1ccc(NS(=O)(=O)CCCCCCN(N)C(=O)OCc2ccccc2)cc1. The van der Waals surface area contributed by atoms with Crippen LogP contribution in [0.2, 0.25) is 0 Å². The van der Waals surface area contributed by atoms with E-state index in [1.807, 2.05) is 30.3 Å². The number of ether oxygens (including phenoxy) is 2. The molecule has 0 fully saturated rings. The zero-order valence-electron chi connectivity index (χ0n) is 17.1. The Labute approximate surface area is 178 Å². The number of nitrogens with two attached hydrogens (primary N) is 1. The fraction of sp³-hybridized carbons (Fsp3) is 0.381. The number of amides is 1. The van der Waals surface area contributed by atoms with Gasteiger partial charge in [-0.3, -0.25) is 4.72 Å². The molecule has 9 heteroatoms. The molecule has 0 radical (unpaired) electrons. The van der Waals surface area contributed by atoms with E-state index in [-0.39, 0.29) is 12.4 Å². The second kappa shape index (κ2) is 12.0. The van der Waals surface area contributed by atoms with Gasteiger partial charge >= 0.3 is 6.09 Å². The van der Waals surface area contributed by atoms with Crippen molar-refractivity contribution in [2.75, 3.05) is 24.1 Å². The quantitative estimate of drug-likeness (QED) is 0.228. The summed E-state index contributed by atoms with van der Waals surface area (Å²) in [5.74, 6) is 6.41. The van der Waals surface area contributed by atoms with E-state index in [1.165, 1.54) is 0 Å². The number of anilines is 1. The molecule has 8 nitrogen and oxygen atoms in total. The van der Waals surface area contributed by atoms with Gasteiger partial charge < -0.3 is 9.47 Å². The standard InChI is InChI=1S/C21H29N3O5S/c1-28-20-13-11-19(12-14-20)23-30(26,27)16-8-3-2-7-15-24(22)21(25)29-17-18-9-5-4-6-10-18/h4-6,9-14,23H,2-3,7-8,15-17,22H2,1H3. The fourth-order valence-electron chi connectivity index (χ4n) is 2.71. The van der Waals surface area contributed by atoms with Gasteiger partial charge in [-0.25, -0.2) is 24.1 Å². The third-order valence-electron chi connectivity index (χ3n) is 4.37. The molecular formula is C21H29N3O5S. The molecule has 0 atom stereocenters. The van der Waals surface area contributed by atoms with E-state index in [4.69, 9.17) is 15.3 Å². The average Bonchev–Trinajstić information content (AvgIpc) is 2.75. The van der Waals surface area contributed by atoms with E-state index in [0.29, 0.717) is 30.8 Å². The van der Waals surface area contributed by atoms with Gasteiger partial charge in [0.05, 0.1) is 12.9 Å². The van der Waals surface area contributed by atoms with Crippen molar-refractivity contribution in [2.45, 2.75) is 32.3 Å². The molecule has 0 aromatic heterocycles. The molecule has 0 aliphatic heterocycles. The molecular weight excluding hydrogens is 406 g/mol. The molecule has 3 N–H and O–H groups in total. The van der Waals surface area contributed by atoms with Crippen LogP contribution in [-0.2, 0) is 21.4 Å². The molecule has 0 spiro atoms. The van der Waals surface area contributed by atoms with Crippen LogP contribution in [0.3, 0.4) is 0 Å². The van der Waals surface area contributed by atoms with E-state index < -0.39 is 16.1 Å². The fourth-order valence-corrected chi connectivity index (χ4v) is 3.89. The highest BCUT2D eigenvalue weighted by atomic mass is 32.2. The monoisotopic (exact) mass is 435 g/mol. The predicted molar refractivity (Wildman–Crippen MR) is 116 cm³/mol. The smallest absolute Gasteiger partial charge is 0.424 e. The first-order valence-electron chi connectivity index (χ1n) is 9.77. The molecule has 2 aromatic rings. The Bertz CT molecular complexity index is 873. The minimum atomic E-state index is -3.40. The van der Waals surface area contributed by atoms with Gasteiger partial charge in [0.1, 0.15) is 12.4 Å². The Morgan fingerprint density at radius 1 is 1.00 bits per heavy atom. The number of unbranched alkanes of at least 4 members (excludes halogenated alkanes) is 3. The molecule has 1 amide bonds. The van der Waals surface area contributed by atoms with Gasteiger partial charge in [-0.05, 0) is 42.7 Å². The number of rotatable bonds is 12. The molecule has 0 aliphatic rings. The molecule has 0 saturated heterocycles. The first kappa shape index (κ1) is 23.5. The number of carbonyl (C=O) groups is 1. The van der Waals surface area contributed by atoms with Crippen molar-refractivity contribution in [3.63, 3.8) is 0 Å². The minimum Gasteiger partial charge on any atom is -0.497 e. The van der Waals surface area contributed by atoms with Gasteiger partial charge in [0, 0.05) is 12.2 Å². The first-order chi connectivity index (χ1) is 14.4. The Hall–Kier alpha value is -2.78. The van der Waals surface area contributed by atoms with Crippen LogP contribution < -0.4 is 15.3 Å². The molecule has 0 heterocycles. The third-order valence-corrected chi connectivity index (χ3v) is 5.74. The summed E-state index contributed by atoms with van der Waals surface area (Å²) in [6, 6.07) is 16.1. The van der Waals surface area contributed by atoms with Crippen LogP contribution in [0.15, 0.2) is 54.6 Å². The van der Waals surface area contributed by atoms with Crippen molar-refractivity contribution in [1.29, 1.82) is 0 Å². The number of nitrogens with zero attached hydrogens (tertiary/aromatic N) is 1. The van der Waals surface area contributed by atoms with E-state index in [1.54, 1.807) is 31.4 Å². The lowest BCUT2D eigenvalue weighted by Gasteiger charge is -2.16. The molecule has 0 unspecified atom stereocenters. The van der Waals surface area contributed by atoms with Gasteiger partial charge in [-0.2, -0.15) is 0 Å². The summed E-state index contributed by atoms with van der Waals surface area (Å²) in [5, 5.41) is 1.05. The number of hydrazine groups is 1. The van der Waals surface area contributed by atoms with Crippen LogP contribution >= 0.6 is 0 Å². The molecule has 0 saturated carbocycles. The number of hydrogen-bond acceptors (Lipinski definition) is 6. The van der Waals surface area contributed by atoms with Crippen LogP contribution in [0.1, 0.15) is 31.2 Å². The predicted octanol–water partition coefficient (Wildman–Crippen LogP) is 3.51. The lowest BCUT2D eigenvalue weighted by atomic mass is 10.2. The minimum absolute atomic E-state index is 0.0322. The summed E-state index contributed by atoms with van der Waals surface area (Å²) in [6.45, 7) is 0.525. The molecule has 30 heavy (non-hydrogen) atoms. The summed E-state index contributed by atoms with van der Waals surface area (Å²) in [6.07, 6.45) is 2.09. The number of carbonyl (C=O) groups excluding carboxylic acids is 1. The molecule has 0 bridgehead atoms. The molecule has 164 valence electrons. The van der Waals surface area contributed by atoms with Gasteiger partial charge in [-0.15, -0.1) is 0 Å². The van der Waals surface area contributed by atoms with Gasteiger partial charge in [-0.1, -0.05) is 43.2 Å². The highest BCUT2D eigenvalue weighted by molar-refractivity contribution is 7.92. The number of sulfonamides is 1. The van der Waals surface area contributed by atoms with Crippen molar-refractivity contribution in [2.24, 2.45) is 5.84 Å². The van der Waals surface area contributed by atoms with Gasteiger partial charge in [0.2, 0.25) is 10.0 Å². The lowest BCUT2D eigenvalue weighted by Crippen LogP contribution is -2.38. The highest BCUT2D eigenvalue weighted by Gasteiger charge is 2.12. The van der Waals surface area contributed by atoms with Gasteiger partial charge in [0.15, 0.2) is 0 Å². The lowest BCUT2D eigenvalue weighted by molar-refractivity contribution is 0.0956. The third kappa shape index (κ3) is 8.71. The zero-order chi connectivity index (χ0) is 21.8. The Kier molecular flexibility index (Phi) is 9.43. The Balaban J connectivity index is 1.58. The van der Waals surface area contributed by atoms with Crippen LogP contribution in [0.4, 0.5) is 10.5 Å².